The molecule has 6 heteroatoms. The maximum atomic E-state index is 12.0. The first-order chi connectivity index (χ1) is 10.2. The van der Waals surface area contributed by atoms with Crippen molar-refractivity contribution in [3.8, 4) is 5.88 Å². The summed E-state index contributed by atoms with van der Waals surface area (Å²) < 4.78 is 10.6. The molecule has 2 aromatic rings. The Morgan fingerprint density at radius 1 is 1.33 bits per heavy atom. The fraction of sp³-hybridized carbons (Fsp3) is 0.333. The maximum absolute atomic E-state index is 12.0. The molecule has 0 saturated heterocycles. The smallest absolute Gasteiger partial charge is 0.338 e. The monoisotopic (exact) mass is 290 g/mol. The van der Waals surface area contributed by atoms with Gasteiger partial charge in [-0.05, 0) is 25.0 Å². The summed E-state index contributed by atoms with van der Waals surface area (Å²) in [5.74, 6) is -0.0719. The second kappa shape index (κ2) is 6.78. The SMILES string of the molecule is CCOC(=O)c1cccc(CC)c1COc1ccn(O)n1. The number of aryl methyl sites for hydroxylation is 1. The van der Waals surface area contributed by atoms with Crippen LogP contribution in [0.5, 0.6) is 5.88 Å². The molecule has 0 aliphatic rings. The summed E-state index contributed by atoms with van der Waals surface area (Å²) in [6.07, 6.45) is 2.15. The van der Waals surface area contributed by atoms with Crippen molar-refractivity contribution in [3.05, 3.63) is 47.2 Å². The topological polar surface area (TPSA) is 73.6 Å². The number of carbonyl (C=O) groups excluding carboxylic acids is 1. The lowest BCUT2D eigenvalue weighted by Crippen LogP contribution is -2.12. The largest absolute Gasteiger partial charge is 0.472 e. The lowest BCUT2D eigenvalue weighted by atomic mass is 10.00. The molecule has 0 atom stereocenters. The molecule has 0 aliphatic carbocycles. The molecule has 0 aliphatic heterocycles. The lowest BCUT2D eigenvalue weighted by molar-refractivity contribution is 0.0523. The minimum Gasteiger partial charge on any atom is -0.472 e. The lowest BCUT2D eigenvalue weighted by Gasteiger charge is -2.13. The highest BCUT2D eigenvalue weighted by atomic mass is 16.5. The zero-order valence-corrected chi connectivity index (χ0v) is 12.1. The number of nitrogens with zero attached hydrogens (tertiary/aromatic N) is 2. The molecule has 6 nitrogen and oxygen atoms in total. The van der Waals surface area contributed by atoms with Gasteiger partial charge in [0.05, 0.1) is 18.4 Å². The number of benzene rings is 1. The average Bonchev–Trinajstić information content (AvgIpc) is 2.90. The summed E-state index contributed by atoms with van der Waals surface area (Å²) in [5.41, 5.74) is 2.30. The van der Waals surface area contributed by atoms with Gasteiger partial charge < -0.3 is 14.7 Å². The number of aromatic nitrogens is 2. The molecular formula is C15H18N2O4. The van der Waals surface area contributed by atoms with Crippen LogP contribution in [0, 0.1) is 0 Å². The number of hydrogen-bond acceptors (Lipinski definition) is 5. The van der Waals surface area contributed by atoms with Crippen molar-refractivity contribution in [3.63, 3.8) is 0 Å². The summed E-state index contributed by atoms with van der Waals surface area (Å²) in [6.45, 7) is 4.29. The third kappa shape index (κ3) is 3.53. The zero-order chi connectivity index (χ0) is 15.2. The van der Waals surface area contributed by atoms with E-state index in [9.17, 15) is 4.79 Å². The molecule has 21 heavy (non-hydrogen) atoms. The van der Waals surface area contributed by atoms with E-state index in [1.807, 2.05) is 19.1 Å². The van der Waals surface area contributed by atoms with Gasteiger partial charge >= 0.3 is 5.97 Å². The van der Waals surface area contributed by atoms with Crippen LogP contribution >= 0.6 is 0 Å². The molecule has 2 rings (SSSR count). The van der Waals surface area contributed by atoms with Crippen LogP contribution in [0.25, 0.3) is 0 Å². The van der Waals surface area contributed by atoms with Crippen LogP contribution < -0.4 is 4.74 Å². The van der Waals surface area contributed by atoms with Crippen LogP contribution in [0.4, 0.5) is 0 Å². The highest BCUT2D eigenvalue weighted by molar-refractivity contribution is 5.91. The first-order valence-corrected chi connectivity index (χ1v) is 6.81. The van der Waals surface area contributed by atoms with Crippen LogP contribution in [-0.4, -0.2) is 27.7 Å². The number of rotatable bonds is 6. The fourth-order valence-electron chi connectivity index (χ4n) is 2.06. The summed E-state index contributed by atoms with van der Waals surface area (Å²) >= 11 is 0. The Morgan fingerprint density at radius 2 is 2.14 bits per heavy atom. The van der Waals surface area contributed by atoms with Gasteiger partial charge in [0.15, 0.2) is 0 Å². The minimum atomic E-state index is -0.362. The predicted molar refractivity (Wildman–Crippen MR) is 75.5 cm³/mol. The van der Waals surface area contributed by atoms with E-state index in [0.29, 0.717) is 22.9 Å². The van der Waals surface area contributed by atoms with Gasteiger partial charge in [-0.2, -0.15) is 0 Å². The number of hydrogen-bond donors (Lipinski definition) is 1. The van der Waals surface area contributed by atoms with Crippen molar-refractivity contribution >= 4 is 5.97 Å². The Kier molecular flexibility index (Phi) is 4.81. The molecule has 0 radical (unpaired) electrons. The molecule has 1 aromatic carbocycles. The van der Waals surface area contributed by atoms with E-state index in [1.165, 1.54) is 6.20 Å². The normalized spacial score (nSPS) is 10.4. The van der Waals surface area contributed by atoms with Crippen LogP contribution in [0.15, 0.2) is 30.5 Å². The average molecular weight is 290 g/mol. The van der Waals surface area contributed by atoms with Gasteiger partial charge in [0.2, 0.25) is 5.88 Å². The number of carbonyl (C=O) groups is 1. The van der Waals surface area contributed by atoms with Crippen LogP contribution in [0.3, 0.4) is 0 Å². The van der Waals surface area contributed by atoms with Crippen molar-refractivity contribution in [1.82, 2.24) is 9.94 Å². The summed E-state index contributed by atoms with van der Waals surface area (Å²) in [6, 6.07) is 7.04. The van der Waals surface area contributed by atoms with Gasteiger partial charge in [0.1, 0.15) is 6.61 Å². The second-order valence-corrected chi connectivity index (χ2v) is 4.38. The van der Waals surface area contributed by atoms with Crippen LogP contribution in [-0.2, 0) is 17.8 Å². The fourth-order valence-corrected chi connectivity index (χ4v) is 2.06. The van der Waals surface area contributed by atoms with Gasteiger partial charge in [0, 0.05) is 11.6 Å². The highest BCUT2D eigenvalue weighted by Crippen LogP contribution is 2.19. The van der Waals surface area contributed by atoms with Crippen molar-refractivity contribution in [2.75, 3.05) is 6.61 Å². The molecule has 0 unspecified atom stereocenters. The molecular weight excluding hydrogens is 272 g/mol. The predicted octanol–water partition coefficient (Wildman–Crippen LogP) is 2.44. The number of ether oxygens (including phenoxy) is 2. The van der Waals surface area contributed by atoms with Gasteiger partial charge in [-0.1, -0.05) is 24.2 Å². The quantitative estimate of drug-likeness (QED) is 0.653. The van der Waals surface area contributed by atoms with Crippen molar-refractivity contribution in [1.29, 1.82) is 0 Å². The van der Waals surface area contributed by atoms with Crippen molar-refractivity contribution in [2.24, 2.45) is 0 Å². The van der Waals surface area contributed by atoms with Crippen LogP contribution in [0.1, 0.15) is 35.3 Å². The Morgan fingerprint density at radius 3 is 2.76 bits per heavy atom. The van der Waals surface area contributed by atoms with Gasteiger partial charge in [0.25, 0.3) is 0 Å². The first-order valence-electron chi connectivity index (χ1n) is 6.81. The van der Waals surface area contributed by atoms with E-state index < -0.39 is 0 Å². The first kappa shape index (κ1) is 14.9. The summed E-state index contributed by atoms with van der Waals surface area (Å²) in [7, 11) is 0. The molecule has 112 valence electrons. The Labute approximate surface area is 122 Å². The van der Waals surface area contributed by atoms with Gasteiger partial charge in [-0.25, -0.2) is 4.79 Å². The molecule has 0 fully saturated rings. The van der Waals surface area contributed by atoms with Gasteiger partial charge in [-0.3, -0.25) is 0 Å². The van der Waals surface area contributed by atoms with E-state index in [-0.39, 0.29) is 12.6 Å². The maximum Gasteiger partial charge on any atom is 0.338 e. The van der Waals surface area contributed by atoms with E-state index in [0.717, 1.165) is 17.5 Å². The molecule has 0 saturated carbocycles. The van der Waals surface area contributed by atoms with E-state index in [2.05, 4.69) is 5.10 Å². The summed E-state index contributed by atoms with van der Waals surface area (Å²) in [5, 5.41) is 12.8. The molecule has 1 aromatic heterocycles. The minimum absolute atomic E-state index is 0.190. The molecule has 1 N–H and O–H groups in total. The molecule has 0 amide bonds. The van der Waals surface area contributed by atoms with E-state index in [1.54, 1.807) is 19.1 Å². The Bertz CT molecular complexity index is 622. The van der Waals surface area contributed by atoms with E-state index >= 15 is 0 Å². The standard InChI is InChI=1S/C15H18N2O4/c1-3-11-6-5-7-12(15(18)20-4-2)13(11)10-21-14-8-9-17(19)16-14/h5-9,19H,3-4,10H2,1-2H3. The van der Waals surface area contributed by atoms with Crippen LogP contribution in [0.2, 0.25) is 0 Å². The van der Waals surface area contributed by atoms with Crippen molar-refractivity contribution < 1.29 is 19.5 Å². The number of esters is 1. The van der Waals surface area contributed by atoms with Gasteiger partial charge in [-0.15, -0.1) is 4.85 Å². The Balaban J connectivity index is 2.24. The van der Waals surface area contributed by atoms with E-state index in [4.69, 9.17) is 14.7 Å². The Hall–Kier alpha value is -2.50. The third-order valence-corrected chi connectivity index (χ3v) is 3.07. The second-order valence-electron chi connectivity index (χ2n) is 4.38. The third-order valence-electron chi connectivity index (χ3n) is 3.07. The highest BCUT2D eigenvalue weighted by Gasteiger charge is 2.16. The molecule has 0 bridgehead atoms. The molecule has 1 heterocycles. The van der Waals surface area contributed by atoms with Crippen molar-refractivity contribution in [2.45, 2.75) is 26.9 Å². The summed E-state index contributed by atoms with van der Waals surface area (Å²) in [4.78, 5) is 12.7. The molecule has 0 spiro atoms. The zero-order valence-electron chi connectivity index (χ0n) is 12.1.